The molecule has 0 spiro atoms. The van der Waals surface area contributed by atoms with Crippen molar-refractivity contribution in [2.24, 2.45) is 0 Å². The summed E-state index contributed by atoms with van der Waals surface area (Å²) in [5.41, 5.74) is -0.0572. The van der Waals surface area contributed by atoms with Crippen molar-refractivity contribution in [2.45, 2.75) is 0 Å². The molecule has 1 aromatic rings. The van der Waals surface area contributed by atoms with Crippen molar-refractivity contribution >= 4 is 17.6 Å². The predicted octanol–water partition coefficient (Wildman–Crippen LogP) is 0.874. The number of benzene rings is 1. The summed E-state index contributed by atoms with van der Waals surface area (Å²) in [5, 5.41) is 10.5. The Labute approximate surface area is 102 Å². The van der Waals surface area contributed by atoms with Gasteiger partial charge in [0.1, 0.15) is 24.8 Å². The van der Waals surface area contributed by atoms with Gasteiger partial charge in [0.05, 0.1) is 12.8 Å². The van der Waals surface area contributed by atoms with Gasteiger partial charge in [0.2, 0.25) is 5.91 Å². The monoisotopic (exact) mass is 257 g/mol. The smallest absolute Gasteiger partial charge is 0.329 e. The number of carbonyl (C=O) groups excluding carboxylic acids is 1. The number of halogens is 1. The molecule has 1 rings (SSSR count). The first-order valence-corrected chi connectivity index (χ1v) is 4.96. The highest BCUT2D eigenvalue weighted by atomic mass is 19.1. The van der Waals surface area contributed by atoms with Gasteiger partial charge < -0.3 is 19.9 Å². The summed E-state index contributed by atoms with van der Waals surface area (Å²) in [6.45, 7) is -1.06. The van der Waals surface area contributed by atoms with Crippen LogP contribution in [-0.4, -0.2) is 37.3 Å². The van der Waals surface area contributed by atoms with E-state index < -0.39 is 30.9 Å². The van der Waals surface area contributed by atoms with E-state index in [1.54, 1.807) is 0 Å². The van der Waals surface area contributed by atoms with Crippen LogP contribution in [0.4, 0.5) is 10.1 Å². The molecule has 0 heterocycles. The van der Waals surface area contributed by atoms with Gasteiger partial charge in [-0.2, -0.15) is 0 Å². The second kappa shape index (κ2) is 6.55. The van der Waals surface area contributed by atoms with E-state index in [4.69, 9.17) is 9.84 Å². The molecule has 7 heteroatoms. The zero-order chi connectivity index (χ0) is 13.5. The zero-order valence-electron chi connectivity index (χ0n) is 9.60. The third-order valence-corrected chi connectivity index (χ3v) is 1.91. The number of carbonyl (C=O) groups is 2. The zero-order valence-corrected chi connectivity index (χ0v) is 9.60. The molecule has 0 fully saturated rings. The van der Waals surface area contributed by atoms with Crippen LogP contribution in [0.3, 0.4) is 0 Å². The summed E-state index contributed by atoms with van der Waals surface area (Å²) in [6.07, 6.45) is 0. The van der Waals surface area contributed by atoms with E-state index in [0.717, 1.165) is 6.07 Å². The third kappa shape index (κ3) is 4.38. The number of amides is 1. The second-order valence-electron chi connectivity index (χ2n) is 3.28. The molecule has 0 saturated carbocycles. The van der Waals surface area contributed by atoms with Gasteiger partial charge in [0, 0.05) is 6.07 Å². The van der Waals surface area contributed by atoms with E-state index in [-0.39, 0.29) is 5.69 Å². The number of carboxylic acid groups (broad SMARTS) is 1. The fourth-order valence-corrected chi connectivity index (χ4v) is 1.14. The molecule has 6 nitrogen and oxygen atoms in total. The van der Waals surface area contributed by atoms with Crippen LogP contribution in [0, 0.1) is 5.82 Å². The molecule has 0 radical (unpaired) electrons. The maximum absolute atomic E-state index is 13.3. The molecular formula is C11H12FNO5. The SMILES string of the molecule is COc1ccc(F)c(NC(=O)COCC(=O)O)c1. The number of aliphatic carboxylic acids is 1. The van der Waals surface area contributed by atoms with Gasteiger partial charge in [0.25, 0.3) is 0 Å². The Morgan fingerprint density at radius 3 is 2.72 bits per heavy atom. The van der Waals surface area contributed by atoms with Crippen molar-refractivity contribution in [3.05, 3.63) is 24.0 Å². The summed E-state index contributed by atoms with van der Waals surface area (Å²) in [6, 6.07) is 3.86. The molecule has 0 unspecified atom stereocenters. The highest BCUT2D eigenvalue weighted by Gasteiger charge is 2.09. The molecule has 1 aromatic carbocycles. The molecule has 0 atom stereocenters. The van der Waals surface area contributed by atoms with Crippen molar-refractivity contribution in [1.82, 2.24) is 0 Å². The molecule has 0 aliphatic heterocycles. The van der Waals surface area contributed by atoms with E-state index in [2.05, 4.69) is 10.1 Å². The minimum Gasteiger partial charge on any atom is -0.497 e. The van der Waals surface area contributed by atoms with Crippen LogP contribution in [-0.2, 0) is 14.3 Å². The molecule has 0 aromatic heterocycles. The van der Waals surface area contributed by atoms with E-state index in [1.807, 2.05) is 0 Å². The van der Waals surface area contributed by atoms with E-state index in [0.29, 0.717) is 5.75 Å². The molecule has 0 aliphatic rings. The van der Waals surface area contributed by atoms with Crippen LogP contribution in [0.15, 0.2) is 18.2 Å². The maximum atomic E-state index is 13.3. The van der Waals surface area contributed by atoms with Crippen molar-refractivity contribution in [3.8, 4) is 5.75 Å². The normalized spacial score (nSPS) is 9.89. The lowest BCUT2D eigenvalue weighted by Gasteiger charge is -2.08. The first-order chi connectivity index (χ1) is 8.52. The highest BCUT2D eigenvalue weighted by molar-refractivity contribution is 5.92. The first-order valence-electron chi connectivity index (χ1n) is 4.96. The molecule has 0 aliphatic carbocycles. The Hall–Kier alpha value is -2.15. The first kappa shape index (κ1) is 13.9. The fraction of sp³-hybridized carbons (Fsp3) is 0.273. The number of hydrogen-bond acceptors (Lipinski definition) is 4. The molecule has 98 valence electrons. The summed E-state index contributed by atoms with van der Waals surface area (Å²) in [5.74, 6) is -2.07. The fourth-order valence-electron chi connectivity index (χ4n) is 1.14. The van der Waals surface area contributed by atoms with Gasteiger partial charge in [-0.3, -0.25) is 4.79 Å². The highest BCUT2D eigenvalue weighted by Crippen LogP contribution is 2.20. The summed E-state index contributed by atoms with van der Waals surface area (Å²) in [4.78, 5) is 21.5. The van der Waals surface area contributed by atoms with Crippen LogP contribution < -0.4 is 10.1 Å². The summed E-state index contributed by atoms with van der Waals surface area (Å²) < 4.78 is 22.7. The van der Waals surface area contributed by atoms with Gasteiger partial charge in [-0.05, 0) is 12.1 Å². The Kier molecular flexibility index (Phi) is 5.06. The number of rotatable bonds is 6. The number of nitrogens with one attached hydrogen (secondary N) is 1. The van der Waals surface area contributed by atoms with Gasteiger partial charge in [-0.15, -0.1) is 0 Å². The minimum atomic E-state index is -1.18. The van der Waals surface area contributed by atoms with Gasteiger partial charge >= 0.3 is 5.97 Å². The van der Waals surface area contributed by atoms with Crippen molar-refractivity contribution < 1.29 is 28.6 Å². The molecule has 0 saturated heterocycles. The van der Waals surface area contributed by atoms with Crippen LogP contribution in [0.25, 0.3) is 0 Å². The standard InChI is InChI=1S/C11H12FNO5/c1-17-7-2-3-8(12)9(4-7)13-10(14)5-18-6-11(15)16/h2-4H,5-6H2,1H3,(H,13,14)(H,15,16). The number of methoxy groups -OCH3 is 1. The maximum Gasteiger partial charge on any atom is 0.329 e. The summed E-state index contributed by atoms with van der Waals surface area (Å²) in [7, 11) is 1.41. The van der Waals surface area contributed by atoms with Gasteiger partial charge in [0.15, 0.2) is 0 Å². The molecule has 2 N–H and O–H groups in total. The average Bonchev–Trinajstić information content (AvgIpc) is 2.31. The number of anilines is 1. The quantitative estimate of drug-likeness (QED) is 0.790. The lowest BCUT2D eigenvalue weighted by atomic mass is 10.3. The number of hydrogen-bond donors (Lipinski definition) is 2. The van der Waals surface area contributed by atoms with Crippen molar-refractivity contribution in [1.29, 1.82) is 0 Å². The Balaban J connectivity index is 2.55. The van der Waals surface area contributed by atoms with Gasteiger partial charge in [-0.1, -0.05) is 0 Å². The van der Waals surface area contributed by atoms with Crippen LogP contribution in [0.2, 0.25) is 0 Å². The topological polar surface area (TPSA) is 84.9 Å². The molecule has 0 bridgehead atoms. The minimum absolute atomic E-state index is 0.0572. The van der Waals surface area contributed by atoms with Crippen molar-refractivity contribution in [2.75, 3.05) is 25.6 Å². The summed E-state index contributed by atoms with van der Waals surface area (Å²) >= 11 is 0. The molecule has 1 amide bonds. The van der Waals surface area contributed by atoms with Gasteiger partial charge in [-0.25, -0.2) is 9.18 Å². The van der Waals surface area contributed by atoms with E-state index in [1.165, 1.54) is 19.2 Å². The second-order valence-corrected chi connectivity index (χ2v) is 3.28. The lowest BCUT2D eigenvalue weighted by Crippen LogP contribution is -2.21. The van der Waals surface area contributed by atoms with E-state index >= 15 is 0 Å². The molecule has 18 heavy (non-hydrogen) atoms. The van der Waals surface area contributed by atoms with Crippen LogP contribution in [0.1, 0.15) is 0 Å². The lowest BCUT2D eigenvalue weighted by molar-refractivity contribution is -0.143. The number of carboxylic acids is 1. The Morgan fingerprint density at radius 2 is 2.11 bits per heavy atom. The average molecular weight is 257 g/mol. The molecular weight excluding hydrogens is 245 g/mol. The van der Waals surface area contributed by atoms with Crippen LogP contribution in [0.5, 0.6) is 5.75 Å². The largest absolute Gasteiger partial charge is 0.497 e. The van der Waals surface area contributed by atoms with E-state index in [9.17, 15) is 14.0 Å². The Morgan fingerprint density at radius 1 is 1.39 bits per heavy atom. The van der Waals surface area contributed by atoms with Crippen molar-refractivity contribution in [3.63, 3.8) is 0 Å². The Bertz CT molecular complexity index is 449. The van der Waals surface area contributed by atoms with Crippen LogP contribution >= 0.6 is 0 Å². The predicted molar refractivity (Wildman–Crippen MR) is 60.0 cm³/mol. The number of ether oxygens (including phenoxy) is 2. The third-order valence-electron chi connectivity index (χ3n) is 1.91.